The van der Waals surface area contributed by atoms with Gasteiger partial charge in [-0.15, -0.1) is 0 Å². The second-order valence-electron chi connectivity index (χ2n) is 6.18. The number of halogens is 1. The van der Waals surface area contributed by atoms with Gasteiger partial charge in [-0.1, -0.05) is 41.9 Å². The van der Waals surface area contributed by atoms with Crippen LogP contribution in [0.1, 0.15) is 6.92 Å². The number of hydrogen-bond acceptors (Lipinski definition) is 4. The maximum Gasteiger partial charge on any atom is 0.265 e. The Balaban J connectivity index is 1.64. The quantitative estimate of drug-likeness (QED) is 0.576. The molecule has 0 saturated heterocycles. The number of anilines is 2. The van der Waals surface area contributed by atoms with Gasteiger partial charge < -0.3 is 10.1 Å². The van der Waals surface area contributed by atoms with Crippen LogP contribution in [0.3, 0.4) is 0 Å². The van der Waals surface area contributed by atoms with Gasteiger partial charge in [0.2, 0.25) is 0 Å². The Morgan fingerprint density at radius 3 is 2.17 bits per heavy atom. The van der Waals surface area contributed by atoms with E-state index in [1.807, 2.05) is 0 Å². The molecular weight excluding hydrogens is 412 g/mol. The van der Waals surface area contributed by atoms with Crippen molar-refractivity contribution in [1.29, 1.82) is 0 Å². The molecule has 3 rings (SSSR count). The monoisotopic (exact) mass is 430 g/mol. The molecule has 0 radical (unpaired) electrons. The van der Waals surface area contributed by atoms with E-state index < -0.39 is 16.1 Å². The molecule has 0 bridgehead atoms. The summed E-state index contributed by atoms with van der Waals surface area (Å²) in [5.74, 6) is 0.0215. The van der Waals surface area contributed by atoms with Gasteiger partial charge in [-0.3, -0.25) is 9.52 Å². The lowest BCUT2D eigenvalue weighted by Crippen LogP contribution is -2.30. The summed E-state index contributed by atoms with van der Waals surface area (Å²) in [5, 5.41) is 3.10. The molecule has 6 nitrogen and oxygen atoms in total. The summed E-state index contributed by atoms with van der Waals surface area (Å²) >= 11 is 6.03. The van der Waals surface area contributed by atoms with E-state index in [2.05, 4.69) is 10.0 Å². The first kappa shape index (κ1) is 20.7. The molecule has 3 aromatic carbocycles. The van der Waals surface area contributed by atoms with E-state index in [4.69, 9.17) is 16.3 Å². The van der Waals surface area contributed by atoms with Crippen molar-refractivity contribution in [1.82, 2.24) is 0 Å². The molecule has 29 heavy (non-hydrogen) atoms. The van der Waals surface area contributed by atoms with Crippen molar-refractivity contribution in [2.24, 2.45) is 0 Å². The van der Waals surface area contributed by atoms with Crippen LogP contribution in [0.5, 0.6) is 5.75 Å². The number of para-hydroxylation sites is 2. The Bertz CT molecular complexity index is 1090. The van der Waals surface area contributed by atoms with Gasteiger partial charge in [0.05, 0.1) is 9.92 Å². The third-order valence-electron chi connectivity index (χ3n) is 3.97. The SMILES string of the molecule is CC(Oc1ccccc1Cl)C(=O)Nc1ccc(S(=O)(=O)Nc2ccccc2)cc1. The molecule has 1 unspecified atom stereocenters. The summed E-state index contributed by atoms with van der Waals surface area (Å²) in [7, 11) is -3.72. The molecule has 3 aromatic rings. The van der Waals surface area contributed by atoms with Gasteiger partial charge in [0.1, 0.15) is 5.75 Å². The van der Waals surface area contributed by atoms with Gasteiger partial charge in [0.15, 0.2) is 6.10 Å². The van der Waals surface area contributed by atoms with E-state index in [0.717, 1.165) is 0 Å². The second-order valence-corrected chi connectivity index (χ2v) is 8.27. The van der Waals surface area contributed by atoms with Gasteiger partial charge in [0.25, 0.3) is 15.9 Å². The zero-order chi connectivity index (χ0) is 20.9. The molecule has 1 atom stereocenters. The maximum atomic E-state index is 12.4. The summed E-state index contributed by atoms with van der Waals surface area (Å²) in [6, 6.07) is 21.3. The van der Waals surface area contributed by atoms with E-state index in [1.165, 1.54) is 24.3 Å². The fourth-order valence-corrected chi connectivity index (χ4v) is 3.70. The molecule has 0 aliphatic heterocycles. The molecule has 2 N–H and O–H groups in total. The van der Waals surface area contributed by atoms with E-state index in [9.17, 15) is 13.2 Å². The first-order valence-corrected chi connectivity index (χ1v) is 10.6. The Morgan fingerprint density at radius 2 is 1.52 bits per heavy atom. The second kappa shape index (κ2) is 8.98. The highest BCUT2D eigenvalue weighted by Crippen LogP contribution is 2.24. The van der Waals surface area contributed by atoms with Gasteiger partial charge in [-0.25, -0.2) is 8.42 Å². The first-order chi connectivity index (χ1) is 13.8. The molecule has 0 fully saturated rings. The highest BCUT2D eigenvalue weighted by molar-refractivity contribution is 7.92. The highest BCUT2D eigenvalue weighted by atomic mass is 35.5. The van der Waals surface area contributed by atoms with Crippen LogP contribution in [0, 0.1) is 0 Å². The van der Waals surface area contributed by atoms with Crippen LogP contribution in [0.2, 0.25) is 5.02 Å². The minimum absolute atomic E-state index is 0.0831. The fourth-order valence-electron chi connectivity index (χ4n) is 2.47. The first-order valence-electron chi connectivity index (χ1n) is 8.75. The fraction of sp³-hybridized carbons (Fsp3) is 0.0952. The van der Waals surface area contributed by atoms with E-state index >= 15 is 0 Å². The van der Waals surface area contributed by atoms with E-state index in [-0.39, 0.29) is 10.8 Å². The van der Waals surface area contributed by atoms with E-state index in [0.29, 0.717) is 22.1 Å². The number of hydrogen-bond donors (Lipinski definition) is 2. The molecule has 0 aromatic heterocycles. The molecule has 0 aliphatic rings. The van der Waals surface area contributed by atoms with Crippen molar-refractivity contribution < 1.29 is 17.9 Å². The van der Waals surface area contributed by atoms with Crippen molar-refractivity contribution >= 4 is 38.9 Å². The van der Waals surface area contributed by atoms with Gasteiger partial charge in [0, 0.05) is 11.4 Å². The minimum atomic E-state index is -3.72. The highest BCUT2D eigenvalue weighted by Gasteiger charge is 2.17. The normalized spacial score (nSPS) is 12.1. The molecule has 0 spiro atoms. The van der Waals surface area contributed by atoms with Crippen molar-refractivity contribution in [2.45, 2.75) is 17.9 Å². The average Bonchev–Trinajstić information content (AvgIpc) is 2.70. The van der Waals surface area contributed by atoms with Gasteiger partial charge in [-0.2, -0.15) is 0 Å². The molecule has 0 heterocycles. The summed E-state index contributed by atoms with van der Waals surface area (Å²) in [6.07, 6.45) is -0.793. The lowest BCUT2D eigenvalue weighted by Gasteiger charge is -2.16. The number of sulfonamides is 1. The number of rotatable bonds is 7. The summed E-state index contributed by atoms with van der Waals surface area (Å²) < 4.78 is 33.0. The van der Waals surface area contributed by atoms with Crippen molar-refractivity contribution in [3.63, 3.8) is 0 Å². The molecular formula is C21H19ClN2O4S. The molecule has 150 valence electrons. The van der Waals surface area contributed by atoms with Crippen LogP contribution in [-0.4, -0.2) is 20.4 Å². The van der Waals surface area contributed by atoms with Gasteiger partial charge in [-0.05, 0) is 55.5 Å². The van der Waals surface area contributed by atoms with Crippen molar-refractivity contribution in [2.75, 3.05) is 10.0 Å². The lowest BCUT2D eigenvalue weighted by atomic mass is 10.3. The molecule has 1 amide bonds. The van der Waals surface area contributed by atoms with Crippen molar-refractivity contribution in [3.05, 3.63) is 83.9 Å². The number of carbonyl (C=O) groups is 1. The number of ether oxygens (including phenoxy) is 1. The topological polar surface area (TPSA) is 84.5 Å². The van der Waals surface area contributed by atoms with Crippen LogP contribution in [-0.2, 0) is 14.8 Å². The average molecular weight is 431 g/mol. The number of benzene rings is 3. The van der Waals surface area contributed by atoms with Crippen LogP contribution < -0.4 is 14.8 Å². The maximum absolute atomic E-state index is 12.4. The Hall–Kier alpha value is -3.03. The third kappa shape index (κ3) is 5.49. The largest absolute Gasteiger partial charge is 0.479 e. The number of carbonyl (C=O) groups excluding carboxylic acids is 1. The Kier molecular flexibility index (Phi) is 6.41. The zero-order valence-corrected chi connectivity index (χ0v) is 17.1. The Morgan fingerprint density at radius 1 is 0.897 bits per heavy atom. The summed E-state index contributed by atoms with van der Waals surface area (Å²) in [6.45, 7) is 1.60. The van der Waals surface area contributed by atoms with Crippen LogP contribution in [0.25, 0.3) is 0 Å². The van der Waals surface area contributed by atoms with Crippen LogP contribution in [0.4, 0.5) is 11.4 Å². The smallest absolute Gasteiger partial charge is 0.265 e. The van der Waals surface area contributed by atoms with Crippen molar-refractivity contribution in [3.8, 4) is 5.75 Å². The molecule has 0 aliphatic carbocycles. The Labute approximate surface area is 174 Å². The molecule has 8 heteroatoms. The third-order valence-corrected chi connectivity index (χ3v) is 5.68. The summed E-state index contributed by atoms with van der Waals surface area (Å²) in [5.41, 5.74) is 0.915. The summed E-state index contributed by atoms with van der Waals surface area (Å²) in [4.78, 5) is 12.4. The standard InChI is InChI=1S/C21H19ClN2O4S/c1-15(28-20-10-6-5-9-19(20)22)21(25)23-16-11-13-18(14-12-16)29(26,27)24-17-7-3-2-4-8-17/h2-15,24H,1H3,(H,23,25). The number of amides is 1. The molecule has 0 saturated carbocycles. The van der Waals surface area contributed by atoms with Gasteiger partial charge >= 0.3 is 0 Å². The minimum Gasteiger partial charge on any atom is -0.479 e. The van der Waals surface area contributed by atoms with E-state index in [1.54, 1.807) is 61.5 Å². The zero-order valence-electron chi connectivity index (χ0n) is 15.5. The van der Waals surface area contributed by atoms with Crippen LogP contribution in [0.15, 0.2) is 83.8 Å². The lowest BCUT2D eigenvalue weighted by molar-refractivity contribution is -0.122. The predicted molar refractivity (Wildman–Crippen MR) is 114 cm³/mol. The predicted octanol–water partition coefficient (Wildman–Crippen LogP) is 4.55. The van der Waals surface area contributed by atoms with Crippen LogP contribution >= 0.6 is 11.6 Å². The number of nitrogens with one attached hydrogen (secondary N) is 2.